The fourth-order valence-electron chi connectivity index (χ4n) is 5.24. The third-order valence-corrected chi connectivity index (χ3v) is 7.25. The van der Waals surface area contributed by atoms with Crippen molar-refractivity contribution in [3.63, 3.8) is 0 Å². The van der Waals surface area contributed by atoms with Gasteiger partial charge in [0.25, 0.3) is 0 Å². The molecule has 1 atom stereocenters. The van der Waals surface area contributed by atoms with Gasteiger partial charge in [0.05, 0.1) is 12.8 Å². The quantitative estimate of drug-likeness (QED) is 0.437. The van der Waals surface area contributed by atoms with Gasteiger partial charge in [0.1, 0.15) is 0 Å². The molecular weight excluding hydrogens is 414 g/mol. The lowest BCUT2D eigenvalue weighted by molar-refractivity contribution is -0.134. The highest BCUT2D eigenvalue weighted by molar-refractivity contribution is 5.86. The highest BCUT2D eigenvalue weighted by atomic mass is 16.5. The number of hydrogen-bond donors (Lipinski definition) is 0. The van der Waals surface area contributed by atoms with Crippen LogP contribution in [-0.4, -0.2) is 54.1 Å². The Kier molecular flexibility index (Phi) is 7.99. The summed E-state index contributed by atoms with van der Waals surface area (Å²) in [5, 5.41) is 4.89. The molecule has 0 radical (unpaired) electrons. The van der Waals surface area contributed by atoms with Crippen LogP contribution >= 0.6 is 0 Å². The summed E-state index contributed by atoms with van der Waals surface area (Å²) in [5.41, 5.74) is 6.29. The van der Waals surface area contributed by atoms with E-state index < -0.39 is 0 Å². The Morgan fingerprint density at radius 1 is 1.18 bits per heavy atom. The third-order valence-electron chi connectivity index (χ3n) is 7.25. The molecule has 178 valence electrons. The number of methoxy groups -OCH3 is 1. The number of ether oxygens (including phenoxy) is 2. The number of carbonyl (C=O) groups excluding carboxylic acids is 1. The predicted octanol–water partition coefficient (Wildman–Crippen LogP) is 4.49. The lowest BCUT2D eigenvalue weighted by Crippen LogP contribution is -2.26. The summed E-state index contributed by atoms with van der Waals surface area (Å²) in [6, 6.07) is 9.02. The van der Waals surface area contributed by atoms with Crippen LogP contribution in [0.1, 0.15) is 59.8 Å². The van der Waals surface area contributed by atoms with Crippen molar-refractivity contribution >= 4 is 12.0 Å². The molecule has 4 rings (SSSR count). The highest BCUT2D eigenvalue weighted by Gasteiger charge is 2.26. The van der Waals surface area contributed by atoms with Crippen LogP contribution in [0.15, 0.2) is 30.3 Å². The largest absolute Gasteiger partial charge is 0.466 e. The molecule has 0 unspecified atom stereocenters. The smallest absolute Gasteiger partial charge is 0.330 e. The Morgan fingerprint density at radius 2 is 1.94 bits per heavy atom. The van der Waals surface area contributed by atoms with Gasteiger partial charge >= 0.3 is 5.97 Å². The topological polar surface area (TPSA) is 56.6 Å². The molecule has 2 fully saturated rings. The van der Waals surface area contributed by atoms with Gasteiger partial charge in [-0.2, -0.15) is 5.10 Å². The van der Waals surface area contributed by atoms with E-state index in [1.807, 2.05) is 0 Å². The minimum absolute atomic E-state index is 0.331. The maximum Gasteiger partial charge on any atom is 0.330 e. The van der Waals surface area contributed by atoms with Crippen LogP contribution in [-0.2, 0) is 27.2 Å². The summed E-state index contributed by atoms with van der Waals surface area (Å²) >= 11 is 0. The van der Waals surface area contributed by atoms with E-state index in [4.69, 9.17) is 9.84 Å². The Labute approximate surface area is 197 Å². The van der Waals surface area contributed by atoms with Gasteiger partial charge in [0, 0.05) is 44.1 Å². The Bertz CT molecular complexity index is 958. The standard InChI is InChI=1S/C27H37N3O3/c1-20-25(21(2)30(28-20)19-23-13-17-33-18-14-23)12-16-29-15-4-5-26(29)24-9-6-22(7-10-24)8-11-27(31)32-3/h6-11,23,26H,4-5,12-19H2,1-3H3/b11-8+/t26-/m0/s1. The molecule has 0 aliphatic carbocycles. The van der Waals surface area contributed by atoms with Gasteiger partial charge in [-0.25, -0.2) is 4.79 Å². The van der Waals surface area contributed by atoms with Crippen LogP contribution in [0.2, 0.25) is 0 Å². The molecule has 2 aliphatic rings. The maximum atomic E-state index is 11.3. The fourth-order valence-corrected chi connectivity index (χ4v) is 5.24. The predicted molar refractivity (Wildman–Crippen MR) is 130 cm³/mol. The Morgan fingerprint density at radius 3 is 2.67 bits per heavy atom. The van der Waals surface area contributed by atoms with Crippen LogP contribution in [0.4, 0.5) is 0 Å². The van der Waals surface area contributed by atoms with Crippen molar-refractivity contribution < 1.29 is 14.3 Å². The second kappa shape index (κ2) is 11.1. The number of benzene rings is 1. The van der Waals surface area contributed by atoms with Crippen molar-refractivity contribution in [2.24, 2.45) is 5.92 Å². The monoisotopic (exact) mass is 451 g/mol. The van der Waals surface area contributed by atoms with Crippen LogP contribution in [0.3, 0.4) is 0 Å². The number of carbonyl (C=O) groups is 1. The zero-order valence-electron chi connectivity index (χ0n) is 20.3. The second-order valence-electron chi connectivity index (χ2n) is 9.35. The summed E-state index contributed by atoms with van der Waals surface area (Å²) in [6.07, 6.45) is 9.01. The van der Waals surface area contributed by atoms with Crippen molar-refractivity contribution in [3.8, 4) is 0 Å². The van der Waals surface area contributed by atoms with Crippen LogP contribution in [0, 0.1) is 19.8 Å². The number of aryl methyl sites for hydroxylation is 1. The molecule has 6 nitrogen and oxygen atoms in total. The van der Waals surface area contributed by atoms with Gasteiger partial charge in [-0.3, -0.25) is 9.58 Å². The van der Waals surface area contributed by atoms with Gasteiger partial charge < -0.3 is 9.47 Å². The molecule has 2 aliphatic heterocycles. The first-order chi connectivity index (χ1) is 16.0. The molecule has 0 amide bonds. The van der Waals surface area contributed by atoms with E-state index >= 15 is 0 Å². The van der Waals surface area contributed by atoms with Crippen LogP contribution in [0.5, 0.6) is 0 Å². The van der Waals surface area contributed by atoms with Crippen molar-refractivity contribution in [2.45, 2.75) is 58.5 Å². The molecule has 33 heavy (non-hydrogen) atoms. The van der Waals surface area contributed by atoms with Crippen molar-refractivity contribution in [2.75, 3.05) is 33.4 Å². The van der Waals surface area contributed by atoms with E-state index in [0.717, 1.165) is 57.7 Å². The van der Waals surface area contributed by atoms with Crippen LogP contribution < -0.4 is 0 Å². The fraction of sp³-hybridized carbons (Fsp3) is 0.556. The molecular formula is C27H37N3O3. The minimum Gasteiger partial charge on any atom is -0.466 e. The minimum atomic E-state index is -0.331. The molecule has 1 aromatic heterocycles. The molecule has 2 aromatic rings. The van der Waals surface area contributed by atoms with E-state index in [0.29, 0.717) is 12.0 Å². The summed E-state index contributed by atoms with van der Waals surface area (Å²) < 4.78 is 12.4. The molecule has 6 heteroatoms. The number of esters is 1. The number of nitrogens with zero attached hydrogens (tertiary/aromatic N) is 3. The molecule has 0 saturated carbocycles. The molecule has 0 spiro atoms. The maximum absolute atomic E-state index is 11.3. The Hall–Kier alpha value is -2.44. The normalized spacial score (nSPS) is 20.0. The number of aromatic nitrogens is 2. The molecule has 1 aromatic carbocycles. The molecule has 0 bridgehead atoms. The zero-order chi connectivity index (χ0) is 23.2. The SMILES string of the molecule is COC(=O)/C=C/c1ccc([C@@H]2CCCN2CCc2c(C)nn(CC3CCOCC3)c2C)cc1. The molecule has 0 N–H and O–H groups in total. The third kappa shape index (κ3) is 5.92. The van der Waals surface area contributed by atoms with Gasteiger partial charge in [-0.1, -0.05) is 24.3 Å². The summed E-state index contributed by atoms with van der Waals surface area (Å²) in [7, 11) is 1.39. The van der Waals surface area contributed by atoms with E-state index in [1.54, 1.807) is 6.08 Å². The number of rotatable bonds is 8. The van der Waals surface area contributed by atoms with E-state index in [2.05, 4.69) is 52.4 Å². The van der Waals surface area contributed by atoms with E-state index in [9.17, 15) is 4.79 Å². The van der Waals surface area contributed by atoms with E-state index in [-0.39, 0.29) is 5.97 Å². The first-order valence-corrected chi connectivity index (χ1v) is 12.3. The average Bonchev–Trinajstić information content (AvgIpc) is 3.41. The van der Waals surface area contributed by atoms with Gasteiger partial charge in [0.15, 0.2) is 0 Å². The second-order valence-corrected chi connectivity index (χ2v) is 9.35. The average molecular weight is 452 g/mol. The summed E-state index contributed by atoms with van der Waals surface area (Å²) in [5.74, 6) is 0.348. The molecule has 3 heterocycles. The van der Waals surface area contributed by atoms with Gasteiger partial charge in [-0.15, -0.1) is 0 Å². The zero-order valence-corrected chi connectivity index (χ0v) is 20.3. The van der Waals surface area contributed by atoms with E-state index in [1.165, 1.54) is 48.5 Å². The molecule has 2 saturated heterocycles. The first-order valence-electron chi connectivity index (χ1n) is 12.3. The first kappa shape index (κ1) is 23.7. The van der Waals surface area contributed by atoms with Crippen LogP contribution in [0.25, 0.3) is 6.08 Å². The number of likely N-dealkylation sites (tertiary alicyclic amines) is 1. The van der Waals surface area contributed by atoms with Crippen molar-refractivity contribution in [3.05, 3.63) is 58.4 Å². The van der Waals surface area contributed by atoms with Crippen molar-refractivity contribution in [1.29, 1.82) is 0 Å². The van der Waals surface area contributed by atoms with Crippen molar-refractivity contribution in [1.82, 2.24) is 14.7 Å². The number of hydrogen-bond acceptors (Lipinski definition) is 5. The highest BCUT2D eigenvalue weighted by Crippen LogP contribution is 2.32. The summed E-state index contributed by atoms with van der Waals surface area (Å²) in [6.45, 7) is 9.37. The van der Waals surface area contributed by atoms with Gasteiger partial charge in [0.2, 0.25) is 0 Å². The lowest BCUT2D eigenvalue weighted by atomic mass is 10.0. The Balaban J connectivity index is 1.37. The summed E-state index contributed by atoms with van der Waals surface area (Å²) in [4.78, 5) is 13.9. The lowest BCUT2D eigenvalue weighted by Gasteiger charge is -2.25. The van der Waals surface area contributed by atoms with Gasteiger partial charge in [-0.05, 0) is 81.2 Å².